The second-order valence-corrected chi connectivity index (χ2v) is 8.36. The molecule has 0 aliphatic rings. The number of anilines is 1. The van der Waals surface area contributed by atoms with Gasteiger partial charge in [-0.15, -0.1) is 12.6 Å². The van der Waals surface area contributed by atoms with Crippen molar-refractivity contribution in [3.8, 4) is 0 Å². The summed E-state index contributed by atoms with van der Waals surface area (Å²) in [7, 11) is -2.10. The Morgan fingerprint density at radius 2 is 1.86 bits per heavy atom. The van der Waals surface area contributed by atoms with E-state index in [1.807, 2.05) is 6.92 Å². The van der Waals surface area contributed by atoms with Gasteiger partial charge in [0.15, 0.2) is 0 Å². The molecule has 0 unspecified atom stereocenters. The summed E-state index contributed by atoms with van der Waals surface area (Å²) < 4.78 is 28.0. The number of hydrogen-bond acceptors (Lipinski definition) is 4. The maximum atomic E-state index is 12.7. The average Bonchev–Trinajstić information content (AvgIpc) is 2.33. The van der Waals surface area contributed by atoms with Crippen LogP contribution in [0.25, 0.3) is 0 Å². The third-order valence-corrected chi connectivity index (χ3v) is 5.34. The molecule has 7 heteroatoms. The lowest BCUT2D eigenvalue weighted by atomic mass is 10.1. The first-order valence-electron chi connectivity index (χ1n) is 7.03. The predicted molar refractivity (Wildman–Crippen MR) is 92.2 cm³/mol. The van der Waals surface area contributed by atoms with Gasteiger partial charge in [0.2, 0.25) is 15.9 Å². The van der Waals surface area contributed by atoms with Crippen LogP contribution >= 0.6 is 12.6 Å². The van der Waals surface area contributed by atoms with Crippen LogP contribution in [-0.4, -0.2) is 26.9 Å². The van der Waals surface area contributed by atoms with Crippen LogP contribution in [0.15, 0.2) is 21.9 Å². The van der Waals surface area contributed by atoms with Gasteiger partial charge in [0.1, 0.15) is 0 Å². The number of rotatable bonds is 4. The van der Waals surface area contributed by atoms with Crippen molar-refractivity contribution in [1.29, 1.82) is 0 Å². The summed E-state index contributed by atoms with van der Waals surface area (Å²) in [5, 5.41) is 0. The Balaban J connectivity index is 3.54. The Bertz CT molecular complexity index is 677. The third kappa shape index (κ3) is 4.47. The quantitative estimate of drug-likeness (QED) is 0.825. The minimum absolute atomic E-state index is 0.167. The number of thiol groups is 1. The first-order valence-corrected chi connectivity index (χ1v) is 8.96. The molecule has 0 aromatic heterocycles. The lowest BCUT2D eigenvalue weighted by Crippen LogP contribution is -2.41. The molecule has 0 radical (unpaired) electrons. The molecule has 0 saturated heterocycles. The Morgan fingerprint density at radius 3 is 2.27 bits per heavy atom. The van der Waals surface area contributed by atoms with Crippen molar-refractivity contribution in [3.05, 3.63) is 17.7 Å². The minimum atomic E-state index is -3.70. The highest BCUT2D eigenvalue weighted by molar-refractivity contribution is 7.89. The van der Waals surface area contributed by atoms with Gasteiger partial charge in [-0.25, -0.2) is 13.1 Å². The van der Waals surface area contributed by atoms with E-state index in [1.165, 1.54) is 17.9 Å². The number of amides is 1. The zero-order valence-corrected chi connectivity index (χ0v) is 15.6. The van der Waals surface area contributed by atoms with E-state index in [0.29, 0.717) is 22.6 Å². The molecule has 0 aliphatic carbocycles. The highest BCUT2D eigenvalue weighted by Gasteiger charge is 2.26. The van der Waals surface area contributed by atoms with Crippen LogP contribution in [0, 0.1) is 0 Å². The van der Waals surface area contributed by atoms with Gasteiger partial charge in [0.05, 0.1) is 4.90 Å². The van der Waals surface area contributed by atoms with Crippen LogP contribution in [-0.2, 0) is 21.2 Å². The maximum absolute atomic E-state index is 12.7. The van der Waals surface area contributed by atoms with E-state index in [1.54, 1.807) is 33.9 Å². The molecule has 0 spiro atoms. The van der Waals surface area contributed by atoms with Gasteiger partial charge in [-0.1, -0.05) is 6.92 Å². The zero-order chi connectivity index (χ0) is 17.3. The average molecular weight is 345 g/mol. The molecule has 0 saturated carbocycles. The number of nitrogens with zero attached hydrogens (tertiary/aromatic N) is 1. The normalized spacial score (nSPS) is 12.3. The van der Waals surface area contributed by atoms with Crippen molar-refractivity contribution >= 4 is 34.2 Å². The van der Waals surface area contributed by atoms with Crippen molar-refractivity contribution in [1.82, 2.24) is 4.72 Å². The van der Waals surface area contributed by atoms with Crippen LogP contribution < -0.4 is 9.62 Å². The highest BCUT2D eigenvalue weighted by Crippen LogP contribution is 2.30. The van der Waals surface area contributed by atoms with Gasteiger partial charge in [-0.3, -0.25) is 4.79 Å². The van der Waals surface area contributed by atoms with E-state index < -0.39 is 15.6 Å². The second kappa shape index (κ2) is 6.60. The molecule has 1 aromatic carbocycles. The number of hydrogen-bond donors (Lipinski definition) is 2. The summed E-state index contributed by atoms with van der Waals surface area (Å²) in [5.41, 5.74) is 0.549. The van der Waals surface area contributed by atoms with Gasteiger partial charge >= 0.3 is 0 Å². The molecule has 1 amide bonds. The van der Waals surface area contributed by atoms with Crippen LogP contribution in [0.2, 0.25) is 0 Å². The molecular formula is C15H24N2O3S2. The first-order chi connectivity index (χ1) is 9.89. The second-order valence-electron chi connectivity index (χ2n) is 6.23. The number of carbonyl (C=O) groups excluding carboxylic acids is 1. The van der Waals surface area contributed by atoms with E-state index in [4.69, 9.17) is 0 Å². The maximum Gasteiger partial charge on any atom is 0.241 e. The van der Waals surface area contributed by atoms with E-state index in [9.17, 15) is 13.2 Å². The Hall–Kier alpha value is -1.05. The summed E-state index contributed by atoms with van der Waals surface area (Å²) in [4.78, 5) is 13.7. The molecule has 1 aromatic rings. The fourth-order valence-electron chi connectivity index (χ4n) is 2.05. The van der Waals surface area contributed by atoms with Crippen molar-refractivity contribution in [2.24, 2.45) is 0 Å². The van der Waals surface area contributed by atoms with E-state index in [0.717, 1.165) is 0 Å². The van der Waals surface area contributed by atoms with E-state index in [-0.39, 0.29) is 10.8 Å². The summed E-state index contributed by atoms with van der Waals surface area (Å²) in [6, 6.07) is 3.23. The van der Waals surface area contributed by atoms with Gasteiger partial charge in [0.25, 0.3) is 0 Å². The molecule has 5 nitrogen and oxygen atoms in total. The smallest absolute Gasteiger partial charge is 0.241 e. The molecular weight excluding hydrogens is 320 g/mol. The van der Waals surface area contributed by atoms with Crippen molar-refractivity contribution in [3.63, 3.8) is 0 Å². The van der Waals surface area contributed by atoms with Crippen molar-refractivity contribution in [2.75, 3.05) is 11.9 Å². The largest absolute Gasteiger partial charge is 0.316 e. The molecule has 0 heterocycles. The number of benzene rings is 1. The molecule has 0 atom stereocenters. The van der Waals surface area contributed by atoms with Crippen LogP contribution in [0.3, 0.4) is 0 Å². The van der Waals surface area contributed by atoms with E-state index >= 15 is 0 Å². The van der Waals surface area contributed by atoms with E-state index in [2.05, 4.69) is 17.4 Å². The first kappa shape index (κ1) is 19.0. The lowest BCUT2D eigenvalue weighted by Gasteiger charge is -2.24. The Kier molecular flexibility index (Phi) is 5.70. The Morgan fingerprint density at radius 1 is 1.32 bits per heavy atom. The SMILES string of the molecule is CCc1c(S)cc(N(C)C(C)=O)cc1S(=O)(=O)NC(C)(C)C. The molecule has 0 bridgehead atoms. The van der Waals surface area contributed by atoms with Gasteiger partial charge in [0, 0.05) is 30.1 Å². The molecule has 0 fully saturated rings. The van der Waals surface area contributed by atoms with Gasteiger partial charge in [-0.2, -0.15) is 0 Å². The van der Waals surface area contributed by atoms with Crippen molar-refractivity contribution < 1.29 is 13.2 Å². The molecule has 1 rings (SSSR count). The number of sulfonamides is 1. The number of carbonyl (C=O) groups is 1. The summed E-state index contributed by atoms with van der Waals surface area (Å²) in [6.07, 6.45) is 0.531. The van der Waals surface area contributed by atoms with Gasteiger partial charge < -0.3 is 4.90 Å². The molecule has 1 N–H and O–H groups in total. The molecule has 22 heavy (non-hydrogen) atoms. The summed E-state index contributed by atoms with van der Waals surface area (Å²) >= 11 is 4.39. The summed E-state index contributed by atoms with van der Waals surface area (Å²) in [5.74, 6) is -0.177. The summed E-state index contributed by atoms with van der Waals surface area (Å²) in [6.45, 7) is 8.64. The fourth-order valence-corrected chi connectivity index (χ4v) is 4.30. The Labute approximate surface area is 138 Å². The predicted octanol–water partition coefficient (Wildman–Crippen LogP) is 2.60. The monoisotopic (exact) mass is 344 g/mol. The lowest BCUT2D eigenvalue weighted by molar-refractivity contribution is -0.116. The number of nitrogens with one attached hydrogen (secondary N) is 1. The third-order valence-electron chi connectivity index (χ3n) is 3.11. The highest BCUT2D eigenvalue weighted by atomic mass is 32.2. The molecule has 0 aliphatic heterocycles. The topological polar surface area (TPSA) is 66.5 Å². The molecule has 124 valence electrons. The zero-order valence-electron chi connectivity index (χ0n) is 13.9. The minimum Gasteiger partial charge on any atom is -0.316 e. The fraction of sp³-hybridized carbons (Fsp3) is 0.533. The van der Waals surface area contributed by atoms with Crippen LogP contribution in [0.1, 0.15) is 40.2 Å². The van der Waals surface area contributed by atoms with Crippen LogP contribution in [0.5, 0.6) is 0 Å². The van der Waals surface area contributed by atoms with Gasteiger partial charge in [-0.05, 0) is 44.9 Å². The van der Waals surface area contributed by atoms with Crippen molar-refractivity contribution in [2.45, 2.75) is 56.4 Å². The van der Waals surface area contributed by atoms with Crippen LogP contribution in [0.4, 0.5) is 5.69 Å². The standard InChI is InChI=1S/C15H24N2O3S2/c1-7-12-13(21)8-11(17(6)10(2)18)9-14(12)22(19,20)16-15(3,4)5/h8-9,16,21H,7H2,1-6H3.